The number of ether oxygens (including phenoxy) is 1. The first-order valence-corrected chi connectivity index (χ1v) is 6.54. The van der Waals surface area contributed by atoms with Gasteiger partial charge >= 0.3 is 0 Å². The van der Waals surface area contributed by atoms with E-state index in [1.807, 2.05) is 17.1 Å². The lowest BCUT2D eigenvalue weighted by molar-refractivity contribution is 0.253. The van der Waals surface area contributed by atoms with Crippen molar-refractivity contribution in [2.24, 2.45) is 5.92 Å². The van der Waals surface area contributed by atoms with Crippen LogP contribution in [0.25, 0.3) is 0 Å². The van der Waals surface area contributed by atoms with E-state index in [9.17, 15) is 0 Å². The molecule has 0 aromatic carbocycles. The van der Waals surface area contributed by atoms with E-state index in [-0.39, 0.29) is 0 Å². The van der Waals surface area contributed by atoms with Crippen LogP contribution in [0.3, 0.4) is 0 Å². The summed E-state index contributed by atoms with van der Waals surface area (Å²) in [6, 6.07) is 0. The van der Waals surface area contributed by atoms with E-state index in [0.717, 1.165) is 18.3 Å². The second-order valence-corrected chi connectivity index (χ2v) is 5.06. The molecule has 2 rings (SSSR count). The van der Waals surface area contributed by atoms with Crippen molar-refractivity contribution in [3.8, 4) is 5.75 Å². The molecule has 1 aliphatic rings. The molecule has 0 saturated carbocycles. The molecule has 0 aliphatic carbocycles. The normalized spacial score (nSPS) is 22.9. The molecule has 1 saturated heterocycles. The molecule has 0 spiro atoms. The molecule has 1 aliphatic heterocycles. The Hall–Kier alpha value is -0.220. The minimum absolute atomic E-state index is 0.749. The standard InChI is InChI=1S/C9H13NOS2/c1-2-8(6-12-3-1)5-11-9-4-10-13-7-9/h4,7-8H,1-3,5-6H2. The van der Waals surface area contributed by atoms with Crippen LogP contribution in [0.4, 0.5) is 0 Å². The van der Waals surface area contributed by atoms with Gasteiger partial charge in [0.2, 0.25) is 0 Å². The van der Waals surface area contributed by atoms with Gasteiger partial charge in [0.25, 0.3) is 0 Å². The summed E-state index contributed by atoms with van der Waals surface area (Å²) in [5.74, 6) is 4.27. The van der Waals surface area contributed by atoms with Crippen LogP contribution in [0, 0.1) is 5.92 Å². The van der Waals surface area contributed by atoms with Gasteiger partial charge < -0.3 is 4.74 Å². The second-order valence-electron chi connectivity index (χ2n) is 3.25. The Balaban J connectivity index is 1.72. The minimum Gasteiger partial charge on any atom is -0.491 e. The molecule has 1 fully saturated rings. The van der Waals surface area contributed by atoms with E-state index in [4.69, 9.17) is 4.74 Å². The Morgan fingerprint density at radius 3 is 3.31 bits per heavy atom. The zero-order valence-electron chi connectivity index (χ0n) is 7.44. The Bertz CT molecular complexity index is 232. The van der Waals surface area contributed by atoms with E-state index < -0.39 is 0 Å². The van der Waals surface area contributed by atoms with Crippen molar-refractivity contribution < 1.29 is 4.74 Å². The number of aromatic nitrogens is 1. The van der Waals surface area contributed by atoms with Crippen LogP contribution in [0.2, 0.25) is 0 Å². The number of nitrogens with zero attached hydrogens (tertiary/aromatic N) is 1. The van der Waals surface area contributed by atoms with Crippen molar-refractivity contribution in [2.75, 3.05) is 18.1 Å². The summed E-state index contributed by atoms with van der Waals surface area (Å²) in [6.45, 7) is 0.866. The Kier molecular flexibility index (Phi) is 3.49. The third-order valence-corrected chi connectivity index (χ3v) is 4.00. The van der Waals surface area contributed by atoms with Crippen LogP contribution in [-0.2, 0) is 0 Å². The molecule has 0 N–H and O–H groups in total. The lowest BCUT2D eigenvalue weighted by atomic mass is 10.1. The van der Waals surface area contributed by atoms with Crippen LogP contribution in [-0.4, -0.2) is 22.5 Å². The van der Waals surface area contributed by atoms with E-state index >= 15 is 0 Å². The van der Waals surface area contributed by atoms with Gasteiger partial charge in [-0.25, -0.2) is 0 Å². The molecule has 2 nitrogen and oxygen atoms in total. The summed E-state index contributed by atoms with van der Waals surface area (Å²) in [5, 5.41) is 1.95. The van der Waals surface area contributed by atoms with Gasteiger partial charge in [0.15, 0.2) is 0 Å². The average molecular weight is 215 g/mol. The average Bonchev–Trinajstić information content (AvgIpc) is 2.69. The SMILES string of the molecule is c1nscc1OCC1CCCSC1. The van der Waals surface area contributed by atoms with Crippen molar-refractivity contribution in [2.45, 2.75) is 12.8 Å². The molecule has 1 aromatic rings. The van der Waals surface area contributed by atoms with Gasteiger partial charge in [-0.15, -0.1) is 0 Å². The highest BCUT2D eigenvalue weighted by Gasteiger charge is 2.14. The smallest absolute Gasteiger partial charge is 0.150 e. The summed E-state index contributed by atoms with van der Waals surface area (Å²) < 4.78 is 9.62. The van der Waals surface area contributed by atoms with Crippen LogP contribution in [0.15, 0.2) is 11.6 Å². The van der Waals surface area contributed by atoms with Gasteiger partial charge in [-0.1, -0.05) is 0 Å². The molecule has 72 valence electrons. The maximum absolute atomic E-state index is 5.62. The number of hydrogen-bond acceptors (Lipinski definition) is 4. The van der Waals surface area contributed by atoms with Gasteiger partial charge in [0.05, 0.1) is 18.2 Å². The molecule has 1 atom stereocenters. The highest BCUT2D eigenvalue weighted by atomic mass is 32.2. The maximum Gasteiger partial charge on any atom is 0.150 e. The topological polar surface area (TPSA) is 22.1 Å². The predicted octanol–water partition coefficient (Wildman–Crippen LogP) is 2.67. The summed E-state index contributed by atoms with van der Waals surface area (Å²) in [6.07, 6.45) is 4.46. The summed E-state index contributed by atoms with van der Waals surface area (Å²) in [4.78, 5) is 0. The summed E-state index contributed by atoms with van der Waals surface area (Å²) in [5.41, 5.74) is 0. The van der Waals surface area contributed by atoms with E-state index in [1.54, 1.807) is 6.20 Å². The van der Waals surface area contributed by atoms with Gasteiger partial charge in [0.1, 0.15) is 5.75 Å². The first-order chi connectivity index (χ1) is 6.45. The van der Waals surface area contributed by atoms with Crippen LogP contribution >= 0.6 is 23.3 Å². The van der Waals surface area contributed by atoms with Crippen molar-refractivity contribution in [3.63, 3.8) is 0 Å². The number of rotatable bonds is 3. The van der Waals surface area contributed by atoms with Crippen LogP contribution in [0.5, 0.6) is 5.75 Å². The summed E-state index contributed by atoms with van der Waals surface area (Å²) in [7, 11) is 0. The molecular formula is C9H13NOS2. The predicted molar refractivity (Wildman–Crippen MR) is 57.7 cm³/mol. The highest BCUT2D eigenvalue weighted by Crippen LogP contribution is 2.23. The van der Waals surface area contributed by atoms with E-state index in [1.165, 1.54) is 35.9 Å². The van der Waals surface area contributed by atoms with Crippen LogP contribution < -0.4 is 4.74 Å². The van der Waals surface area contributed by atoms with Crippen LogP contribution in [0.1, 0.15) is 12.8 Å². The molecule has 1 aromatic heterocycles. The van der Waals surface area contributed by atoms with Crippen molar-refractivity contribution in [1.82, 2.24) is 4.37 Å². The summed E-state index contributed by atoms with van der Waals surface area (Å²) >= 11 is 3.49. The Morgan fingerprint density at radius 1 is 1.62 bits per heavy atom. The van der Waals surface area contributed by atoms with E-state index in [2.05, 4.69) is 4.37 Å². The van der Waals surface area contributed by atoms with Gasteiger partial charge in [0, 0.05) is 5.92 Å². The van der Waals surface area contributed by atoms with E-state index in [0.29, 0.717) is 0 Å². The fraction of sp³-hybridized carbons (Fsp3) is 0.667. The molecule has 0 amide bonds. The minimum atomic E-state index is 0.749. The fourth-order valence-electron chi connectivity index (χ4n) is 1.42. The molecule has 1 unspecified atom stereocenters. The maximum atomic E-state index is 5.62. The Morgan fingerprint density at radius 2 is 2.62 bits per heavy atom. The Labute approximate surface area is 86.9 Å². The fourth-order valence-corrected chi connectivity index (χ4v) is 3.01. The molecule has 13 heavy (non-hydrogen) atoms. The van der Waals surface area contributed by atoms with Gasteiger partial charge in [-0.2, -0.15) is 16.1 Å². The lowest BCUT2D eigenvalue weighted by Crippen LogP contribution is -2.18. The van der Waals surface area contributed by atoms with Crippen molar-refractivity contribution in [3.05, 3.63) is 11.6 Å². The molecule has 0 radical (unpaired) electrons. The molecule has 4 heteroatoms. The third kappa shape index (κ3) is 2.88. The molecular weight excluding hydrogens is 202 g/mol. The van der Waals surface area contributed by atoms with Crippen molar-refractivity contribution >= 4 is 23.3 Å². The quantitative estimate of drug-likeness (QED) is 0.774. The third-order valence-electron chi connectivity index (χ3n) is 2.15. The number of hydrogen-bond donors (Lipinski definition) is 0. The second kappa shape index (κ2) is 4.86. The highest BCUT2D eigenvalue weighted by molar-refractivity contribution is 7.99. The first-order valence-electron chi connectivity index (χ1n) is 4.55. The monoisotopic (exact) mass is 215 g/mol. The van der Waals surface area contributed by atoms with Gasteiger partial charge in [-0.05, 0) is 35.9 Å². The first kappa shape index (κ1) is 9.34. The number of thioether (sulfide) groups is 1. The molecule has 2 heterocycles. The zero-order valence-corrected chi connectivity index (χ0v) is 9.07. The largest absolute Gasteiger partial charge is 0.491 e. The van der Waals surface area contributed by atoms with Crippen molar-refractivity contribution in [1.29, 1.82) is 0 Å². The zero-order chi connectivity index (χ0) is 8.93. The molecule has 0 bridgehead atoms. The lowest BCUT2D eigenvalue weighted by Gasteiger charge is -2.20. The van der Waals surface area contributed by atoms with Gasteiger partial charge in [-0.3, -0.25) is 0 Å².